The van der Waals surface area contributed by atoms with Crippen molar-refractivity contribution in [2.75, 3.05) is 24.7 Å². The topological polar surface area (TPSA) is 88.4 Å². The highest BCUT2D eigenvalue weighted by Crippen LogP contribution is 2.30. The highest BCUT2D eigenvalue weighted by Gasteiger charge is 2.13. The summed E-state index contributed by atoms with van der Waals surface area (Å²) in [6, 6.07) is 4.74. The molecule has 1 aromatic heterocycles. The number of nitrogens with zero attached hydrogens (tertiary/aromatic N) is 3. The quantitative estimate of drug-likeness (QED) is 0.736. The van der Waals surface area contributed by atoms with E-state index in [0.717, 1.165) is 0 Å². The molecule has 0 aliphatic heterocycles. The van der Waals surface area contributed by atoms with Crippen LogP contribution in [0.1, 0.15) is 0 Å². The van der Waals surface area contributed by atoms with Gasteiger partial charge in [-0.05, 0) is 17.3 Å². The van der Waals surface area contributed by atoms with Crippen molar-refractivity contribution < 1.29 is 9.63 Å². The first kappa shape index (κ1) is 10.3. The molecular weight excluding hydrogens is 208 g/mol. The number of phenols is 1. The van der Waals surface area contributed by atoms with Crippen LogP contribution < -0.4 is 10.6 Å². The lowest BCUT2D eigenvalue weighted by Crippen LogP contribution is -2.10. The summed E-state index contributed by atoms with van der Waals surface area (Å²) in [5.41, 5.74) is 6.47. The molecule has 16 heavy (non-hydrogen) atoms. The average Bonchev–Trinajstić information content (AvgIpc) is 2.66. The number of rotatable bonds is 2. The number of phenolic OH excluding ortho intramolecular Hbond substituents is 1. The predicted octanol–water partition coefficient (Wildman–Crippen LogP) is 1.09. The maximum atomic E-state index is 9.67. The fourth-order valence-electron chi connectivity index (χ4n) is 1.24. The maximum Gasteiger partial charge on any atom is 0.265 e. The minimum atomic E-state index is 0.0222. The Labute approximate surface area is 92.3 Å². The zero-order chi connectivity index (χ0) is 11.7. The smallest absolute Gasteiger partial charge is 0.265 e. The Hall–Kier alpha value is -2.24. The SMILES string of the molecule is CN(C)c1noc(-c2ccc(N)cc2O)n1. The highest BCUT2D eigenvalue weighted by atomic mass is 16.5. The molecule has 0 unspecified atom stereocenters. The number of aromatic nitrogens is 2. The molecule has 2 aromatic rings. The van der Waals surface area contributed by atoms with Crippen molar-refractivity contribution in [3.63, 3.8) is 0 Å². The molecule has 2 rings (SSSR count). The highest BCUT2D eigenvalue weighted by molar-refractivity contribution is 5.66. The van der Waals surface area contributed by atoms with Crippen molar-refractivity contribution in [2.45, 2.75) is 0 Å². The lowest BCUT2D eigenvalue weighted by atomic mass is 10.2. The van der Waals surface area contributed by atoms with Crippen LogP contribution in [0.25, 0.3) is 11.5 Å². The van der Waals surface area contributed by atoms with Gasteiger partial charge in [-0.3, -0.25) is 0 Å². The van der Waals surface area contributed by atoms with Gasteiger partial charge in [-0.25, -0.2) is 0 Å². The summed E-state index contributed by atoms with van der Waals surface area (Å²) >= 11 is 0. The van der Waals surface area contributed by atoms with Crippen molar-refractivity contribution in [2.24, 2.45) is 0 Å². The second-order valence-corrected chi connectivity index (χ2v) is 3.57. The van der Waals surface area contributed by atoms with Gasteiger partial charge < -0.3 is 20.3 Å². The summed E-state index contributed by atoms with van der Waals surface area (Å²) in [4.78, 5) is 5.83. The number of benzene rings is 1. The number of anilines is 2. The van der Waals surface area contributed by atoms with Gasteiger partial charge in [-0.1, -0.05) is 0 Å². The zero-order valence-corrected chi connectivity index (χ0v) is 9.01. The summed E-state index contributed by atoms with van der Waals surface area (Å²) in [7, 11) is 3.61. The molecule has 6 nitrogen and oxygen atoms in total. The molecule has 0 amide bonds. The molecule has 3 N–H and O–H groups in total. The number of nitrogens with two attached hydrogens (primary N) is 1. The van der Waals surface area contributed by atoms with E-state index in [2.05, 4.69) is 10.1 Å². The lowest BCUT2D eigenvalue weighted by Gasteiger charge is -2.02. The van der Waals surface area contributed by atoms with E-state index >= 15 is 0 Å². The number of nitrogen functional groups attached to an aromatic ring is 1. The standard InChI is InChI=1S/C10H12N4O2/c1-14(2)10-12-9(16-13-10)7-4-3-6(11)5-8(7)15/h3-5,15H,11H2,1-2H3. The summed E-state index contributed by atoms with van der Waals surface area (Å²) in [5, 5.41) is 13.4. The number of aromatic hydroxyl groups is 1. The van der Waals surface area contributed by atoms with Crippen LogP contribution in [0.15, 0.2) is 22.7 Å². The van der Waals surface area contributed by atoms with Crippen LogP contribution in [0.3, 0.4) is 0 Å². The molecule has 0 saturated heterocycles. The fourth-order valence-corrected chi connectivity index (χ4v) is 1.24. The fraction of sp³-hybridized carbons (Fsp3) is 0.200. The molecule has 0 bridgehead atoms. The molecular formula is C10H12N4O2. The van der Waals surface area contributed by atoms with Crippen molar-refractivity contribution in [1.29, 1.82) is 0 Å². The first-order valence-electron chi connectivity index (χ1n) is 4.68. The van der Waals surface area contributed by atoms with E-state index < -0.39 is 0 Å². The van der Waals surface area contributed by atoms with Gasteiger partial charge in [-0.15, -0.1) is 0 Å². The predicted molar refractivity (Wildman–Crippen MR) is 60.1 cm³/mol. The Morgan fingerprint density at radius 1 is 1.38 bits per heavy atom. The van der Waals surface area contributed by atoms with Gasteiger partial charge in [0, 0.05) is 25.8 Å². The van der Waals surface area contributed by atoms with Crippen LogP contribution in [0, 0.1) is 0 Å². The largest absolute Gasteiger partial charge is 0.507 e. The monoisotopic (exact) mass is 220 g/mol. The number of hydrogen-bond acceptors (Lipinski definition) is 6. The molecule has 0 aliphatic rings. The first-order chi connectivity index (χ1) is 7.58. The van der Waals surface area contributed by atoms with E-state index in [4.69, 9.17) is 10.3 Å². The zero-order valence-electron chi connectivity index (χ0n) is 9.01. The number of hydrogen-bond donors (Lipinski definition) is 2. The molecule has 1 aromatic carbocycles. The van der Waals surface area contributed by atoms with E-state index in [1.165, 1.54) is 6.07 Å². The summed E-state index contributed by atoms with van der Waals surface area (Å²) in [5.74, 6) is 0.737. The molecule has 1 heterocycles. The third kappa shape index (κ3) is 1.77. The third-order valence-electron chi connectivity index (χ3n) is 2.07. The summed E-state index contributed by atoms with van der Waals surface area (Å²) in [6.07, 6.45) is 0. The van der Waals surface area contributed by atoms with Crippen LogP contribution in [0.5, 0.6) is 5.75 Å². The minimum Gasteiger partial charge on any atom is -0.507 e. The van der Waals surface area contributed by atoms with E-state index in [1.54, 1.807) is 31.1 Å². The lowest BCUT2D eigenvalue weighted by molar-refractivity contribution is 0.424. The van der Waals surface area contributed by atoms with Gasteiger partial charge in [-0.2, -0.15) is 4.98 Å². The van der Waals surface area contributed by atoms with Crippen LogP contribution in [-0.2, 0) is 0 Å². The van der Waals surface area contributed by atoms with Gasteiger partial charge >= 0.3 is 0 Å². The molecule has 0 aliphatic carbocycles. The van der Waals surface area contributed by atoms with Crippen molar-refractivity contribution in [3.05, 3.63) is 18.2 Å². The molecule has 6 heteroatoms. The van der Waals surface area contributed by atoms with Gasteiger partial charge in [0.25, 0.3) is 11.8 Å². The van der Waals surface area contributed by atoms with Crippen LogP contribution >= 0.6 is 0 Å². The minimum absolute atomic E-state index is 0.0222. The van der Waals surface area contributed by atoms with Crippen molar-refractivity contribution in [3.8, 4) is 17.2 Å². The molecule has 84 valence electrons. The molecule has 0 saturated carbocycles. The molecule has 0 radical (unpaired) electrons. The van der Waals surface area contributed by atoms with E-state index in [-0.39, 0.29) is 11.6 Å². The van der Waals surface area contributed by atoms with Gasteiger partial charge in [0.1, 0.15) is 5.75 Å². The Kier molecular flexibility index (Phi) is 2.40. The maximum absolute atomic E-state index is 9.67. The normalized spacial score (nSPS) is 10.4. The van der Waals surface area contributed by atoms with Gasteiger partial charge in [0.05, 0.1) is 5.56 Å². The van der Waals surface area contributed by atoms with Gasteiger partial charge in [0.15, 0.2) is 0 Å². The second kappa shape index (κ2) is 3.73. The Balaban J connectivity index is 2.42. The third-order valence-corrected chi connectivity index (χ3v) is 2.07. The van der Waals surface area contributed by atoms with Crippen molar-refractivity contribution >= 4 is 11.6 Å². The Bertz CT molecular complexity index is 507. The van der Waals surface area contributed by atoms with Gasteiger partial charge in [0.2, 0.25) is 0 Å². The van der Waals surface area contributed by atoms with Crippen LogP contribution in [0.2, 0.25) is 0 Å². The second-order valence-electron chi connectivity index (χ2n) is 3.57. The molecule has 0 fully saturated rings. The summed E-state index contributed by atoms with van der Waals surface area (Å²) < 4.78 is 5.03. The van der Waals surface area contributed by atoms with Crippen molar-refractivity contribution in [1.82, 2.24) is 10.1 Å². The van der Waals surface area contributed by atoms with Crippen LogP contribution in [-0.4, -0.2) is 29.3 Å². The Morgan fingerprint density at radius 3 is 2.69 bits per heavy atom. The molecule has 0 spiro atoms. The van der Waals surface area contributed by atoms with Crippen LogP contribution in [0.4, 0.5) is 11.6 Å². The van der Waals surface area contributed by atoms with E-state index in [0.29, 0.717) is 17.2 Å². The first-order valence-corrected chi connectivity index (χ1v) is 4.68. The van der Waals surface area contributed by atoms with E-state index in [9.17, 15) is 5.11 Å². The summed E-state index contributed by atoms with van der Waals surface area (Å²) in [6.45, 7) is 0. The Morgan fingerprint density at radius 2 is 2.12 bits per heavy atom. The average molecular weight is 220 g/mol. The van der Waals surface area contributed by atoms with E-state index in [1.807, 2.05) is 0 Å². The molecule has 0 atom stereocenters.